The first kappa shape index (κ1) is 14.4. The van der Waals surface area contributed by atoms with Gasteiger partial charge in [0.05, 0.1) is 13.1 Å². The van der Waals surface area contributed by atoms with Crippen molar-refractivity contribution in [2.24, 2.45) is 5.73 Å². The Labute approximate surface area is 121 Å². The number of aromatic nitrogens is 1. The van der Waals surface area contributed by atoms with Gasteiger partial charge in [0.15, 0.2) is 0 Å². The predicted molar refractivity (Wildman–Crippen MR) is 81.2 cm³/mol. The number of hydrogen-bond acceptors (Lipinski definition) is 4. The molecule has 0 aliphatic heterocycles. The number of hydrogen-bond donors (Lipinski definition) is 1. The van der Waals surface area contributed by atoms with Crippen molar-refractivity contribution >= 4 is 11.3 Å². The molecule has 0 unspecified atom stereocenters. The van der Waals surface area contributed by atoms with Gasteiger partial charge in [-0.1, -0.05) is 23.2 Å². The molecule has 0 atom stereocenters. The number of benzene rings is 1. The van der Waals surface area contributed by atoms with Crippen LogP contribution in [0.2, 0.25) is 0 Å². The Balaban J connectivity index is 1.90. The molecule has 0 fully saturated rings. The molecule has 0 amide bonds. The number of ether oxygens (including phenoxy) is 1. The second-order valence-electron chi connectivity index (χ2n) is 4.17. The maximum absolute atomic E-state index is 11.5. The third kappa shape index (κ3) is 3.73. The summed E-state index contributed by atoms with van der Waals surface area (Å²) in [6.45, 7) is 3.30. The molecule has 2 rings (SSSR count). The van der Waals surface area contributed by atoms with Gasteiger partial charge in [-0.15, -0.1) is 0 Å². The van der Waals surface area contributed by atoms with Gasteiger partial charge < -0.3 is 10.5 Å². The minimum Gasteiger partial charge on any atom is -0.492 e. The van der Waals surface area contributed by atoms with Crippen LogP contribution >= 0.6 is 11.3 Å². The minimum atomic E-state index is 0.0542. The smallest absolute Gasteiger partial charge is 0.307 e. The third-order valence-corrected chi connectivity index (χ3v) is 3.63. The van der Waals surface area contributed by atoms with Crippen molar-refractivity contribution in [1.29, 1.82) is 0 Å². The monoisotopic (exact) mass is 288 g/mol. The molecule has 0 saturated carbocycles. The molecular formula is C15H16N2O2S. The second-order valence-corrected chi connectivity index (χ2v) is 4.99. The number of rotatable bonds is 4. The molecule has 2 aromatic rings. The van der Waals surface area contributed by atoms with Crippen molar-refractivity contribution in [3.05, 3.63) is 50.6 Å². The Bertz CT molecular complexity index is 674. The van der Waals surface area contributed by atoms with E-state index in [1.54, 1.807) is 4.57 Å². The lowest BCUT2D eigenvalue weighted by Crippen LogP contribution is -2.18. The number of thiazole rings is 1. The first-order valence-corrected chi connectivity index (χ1v) is 7.15. The van der Waals surface area contributed by atoms with E-state index < -0.39 is 0 Å². The van der Waals surface area contributed by atoms with Gasteiger partial charge in [-0.05, 0) is 31.2 Å². The zero-order chi connectivity index (χ0) is 14.4. The third-order valence-electron chi connectivity index (χ3n) is 2.75. The summed E-state index contributed by atoms with van der Waals surface area (Å²) in [7, 11) is 0. The second kappa shape index (κ2) is 6.94. The molecule has 104 valence electrons. The fourth-order valence-corrected chi connectivity index (χ4v) is 2.48. The summed E-state index contributed by atoms with van der Waals surface area (Å²) >= 11 is 1.21. The lowest BCUT2D eigenvalue weighted by atomic mass is 10.2. The van der Waals surface area contributed by atoms with E-state index in [1.165, 1.54) is 11.3 Å². The highest BCUT2D eigenvalue weighted by molar-refractivity contribution is 7.07. The molecule has 0 aliphatic carbocycles. The molecule has 0 saturated heterocycles. The van der Waals surface area contributed by atoms with E-state index in [0.29, 0.717) is 19.7 Å². The lowest BCUT2D eigenvalue weighted by Gasteiger charge is -2.07. The summed E-state index contributed by atoms with van der Waals surface area (Å²) < 4.78 is 7.33. The molecule has 1 aromatic carbocycles. The van der Waals surface area contributed by atoms with E-state index in [9.17, 15) is 4.79 Å². The standard InChI is InChI=1S/C15H16N2O2S/c1-12-11-20-15(18)17(12)9-10-19-14-6-4-13(5-7-14)3-2-8-16/h4-7,11H,8-10,16H2,1H3. The van der Waals surface area contributed by atoms with Crippen LogP contribution in [-0.4, -0.2) is 17.7 Å². The molecule has 1 heterocycles. The van der Waals surface area contributed by atoms with Gasteiger partial charge in [-0.25, -0.2) is 0 Å². The maximum atomic E-state index is 11.5. The average Bonchev–Trinajstić information content (AvgIpc) is 2.78. The Hall–Kier alpha value is -2.03. The summed E-state index contributed by atoms with van der Waals surface area (Å²) in [5.74, 6) is 6.52. The van der Waals surface area contributed by atoms with Crippen LogP contribution in [0.25, 0.3) is 0 Å². The summed E-state index contributed by atoms with van der Waals surface area (Å²) in [6, 6.07) is 7.51. The van der Waals surface area contributed by atoms with E-state index >= 15 is 0 Å². The molecule has 5 heteroatoms. The van der Waals surface area contributed by atoms with E-state index in [1.807, 2.05) is 36.6 Å². The Morgan fingerprint density at radius 3 is 2.70 bits per heavy atom. The summed E-state index contributed by atoms with van der Waals surface area (Å²) in [4.78, 5) is 11.6. The topological polar surface area (TPSA) is 57.2 Å². The van der Waals surface area contributed by atoms with Crippen molar-refractivity contribution < 1.29 is 4.74 Å². The predicted octanol–water partition coefficient (Wildman–Crippen LogP) is 1.61. The molecule has 1 aromatic heterocycles. The van der Waals surface area contributed by atoms with Crippen molar-refractivity contribution in [2.45, 2.75) is 13.5 Å². The minimum absolute atomic E-state index is 0.0542. The molecule has 0 aliphatic rings. The SMILES string of the molecule is Cc1csc(=O)n1CCOc1ccc(C#CCN)cc1. The van der Waals surface area contributed by atoms with E-state index in [4.69, 9.17) is 10.5 Å². The molecule has 20 heavy (non-hydrogen) atoms. The Morgan fingerprint density at radius 1 is 1.35 bits per heavy atom. The average molecular weight is 288 g/mol. The number of nitrogens with two attached hydrogens (primary N) is 1. The van der Waals surface area contributed by atoms with E-state index in [0.717, 1.165) is 17.0 Å². The molecule has 2 N–H and O–H groups in total. The van der Waals surface area contributed by atoms with Crippen LogP contribution in [-0.2, 0) is 6.54 Å². The van der Waals surface area contributed by atoms with Gasteiger partial charge in [0, 0.05) is 16.6 Å². The summed E-state index contributed by atoms with van der Waals surface area (Å²) in [6.07, 6.45) is 0. The summed E-state index contributed by atoms with van der Waals surface area (Å²) in [5.41, 5.74) is 7.20. The van der Waals surface area contributed by atoms with Crippen molar-refractivity contribution in [2.75, 3.05) is 13.2 Å². The first-order valence-electron chi connectivity index (χ1n) is 6.27. The quantitative estimate of drug-likeness (QED) is 0.870. The molecule has 4 nitrogen and oxygen atoms in total. The lowest BCUT2D eigenvalue weighted by molar-refractivity contribution is 0.296. The van der Waals surface area contributed by atoms with Crippen LogP contribution in [0.1, 0.15) is 11.3 Å². The van der Waals surface area contributed by atoms with Gasteiger partial charge in [0.1, 0.15) is 12.4 Å². The van der Waals surface area contributed by atoms with Gasteiger partial charge in [0.25, 0.3) is 0 Å². The van der Waals surface area contributed by atoms with Crippen LogP contribution in [0.4, 0.5) is 0 Å². The van der Waals surface area contributed by atoms with Crippen LogP contribution in [0.15, 0.2) is 34.4 Å². The summed E-state index contributed by atoms with van der Waals surface area (Å²) in [5, 5.41) is 1.85. The van der Waals surface area contributed by atoms with Crippen LogP contribution in [0.3, 0.4) is 0 Å². The first-order chi connectivity index (χ1) is 9.70. The van der Waals surface area contributed by atoms with Crippen LogP contribution < -0.4 is 15.3 Å². The zero-order valence-electron chi connectivity index (χ0n) is 11.3. The highest BCUT2D eigenvalue weighted by Crippen LogP contribution is 2.11. The fraction of sp³-hybridized carbons (Fsp3) is 0.267. The van der Waals surface area contributed by atoms with Gasteiger partial charge in [-0.2, -0.15) is 0 Å². The Morgan fingerprint density at radius 2 is 2.10 bits per heavy atom. The van der Waals surface area contributed by atoms with Gasteiger partial charge >= 0.3 is 4.87 Å². The van der Waals surface area contributed by atoms with Gasteiger partial charge in [0.2, 0.25) is 0 Å². The molecular weight excluding hydrogens is 272 g/mol. The van der Waals surface area contributed by atoms with Crippen molar-refractivity contribution in [3.63, 3.8) is 0 Å². The van der Waals surface area contributed by atoms with E-state index in [2.05, 4.69) is 11.8 Å². The Kier molecular flexibility index (Phi) is 4.99. The largest absolute Gasteiger partial charge is 0.492 e. The van der Waals surface area contributed by atoms with E-state index in [-0.39, 0.29) is 4.87 Å². The van der Waals surface area contributed by atoms with Crippen LogP contribution in [0.5, 0.6) is 5.75 Å². The zero-order valence-corrected chi connectivity index (χ0v) is 12.1. The normalized spacial score (nSPS) is 9.90. The molecule has 0 radical (unpaired) electrons. The number of aryl methyl sites for hydroxylation is 1. The highest BCUT2D eigenvalue weighted by Gasteiger charge is 2.02. The van der Waals surface area contributed by atoms with Crippen LogP contribution in [0, 0.1) is 18.8 Å². The maximum Gasteiger partial charge on any atom is 0.307 e. The van der Waals surface area contributed by atoms with Crippen molar-refractivity contribution in [3.8, 4) is 17.6 Å². The van der Waals surface area contributed by atoms with Gasteiger partial charge in [-0.3, -0.25) is 9.36 Å². The van der Waals surface area contributed by atoms with Crippen molar-refractivity contribution in [1.82, 2.24) is 4.57 Å². The number of nitrogens with zero attached hydrogens (tertiary/aromatic N) is 1. The highest BCUT2D eigenvalue weighted by atomic mass is 32.1. The molecule has 0 bridgehead atoms. The fourth-order valence-electron chi connectivity index (χ4n) is 1.72. The molecule has 0 spiro atoms.